The summed E-state index contributed by atoms with van der Waals surface area (Å²) in [6, 6.07) is 5.71. The molecule has 31 heavy (non-hydrogen) atoms. The Bertz CT molecular complexity index is 769. The van der Waals surface area contributed by atoms with Gasteiger partial charge < -0.3 is 28.4 Å². The molecule has 0 aromatic heterocycles. The number of para-hydroxylation sites is 1. The molecular weight excluding hydrogens is 400 g/mol. The first kappa shape index (κ1) is 21.2. The van der Waals surface area contributed by atoms with Gasteiger partial charge in [-0.2, -0.15) is 0 Å². The molecule has 1 aromatic carbocycles. The summed E-state index contributed by atoms with van der Waals surface area (Å²) in [5.74, 6) is 0.492. The van der Waals surface area contributed by atoms with Gasteiger partial charge in [0.25, 0.3) is 0 Å². The van der Waals surface area contributed by atoms with Crippen LogP contribution in [0.5, 0.6) is 5.75 Å². The maximum Gasteiger partial charge on any atom is 0.341 e. The molecule has 0 N–H and O–H groups in total. The standard InChI is InChI=1S/C24H32O7/c1-26-24(25)16-8-6-7-15-22-17(14-29-20-9-2-4-11-27-20)18(13-19(22)31-23(15)16)30-21-10-3-5-12-28-21/h6-8,17-22H,2-5,9-14H2,1H3/t17-,18+,19-,20?,21?,22+/m0/s1. The molecule has 0 bridgehead atoms. The number of benzene rings is 1. The number of ether oxygens (including phenoxy) is 6. The Morgan fingerprint density at radius 2 is 1.84 bits per heavy atom. The third-order valence-corrected chi connectivity index (χ3v) is 6.96. The Balaban J connectivity index is 1.37. The van der Waals surface area contributed by atoms with Gasteiger partial charge in [0, 0.05) is 37.0 Å². The molecule has 0 spiro atoms. The number of carbonyl (C=O) groups is 1. The zero-order valence-corrected chi connectivity index (χ0v) is 18.1. The Morgan fingerprint density at radius 1 is 1.06 bits per heavy atom. The Morgan fingerprint density at radius 3 is 2.55 bits per heavy atom. The molecule has 2 unspecified atom stereocenters. The summed E-state index contributed by atoms with van der Waals surface area (Å²) in [6.45, 7) is 2.04. The van der Waals surface area contributed by atoms with Gasteiger partial charge in [0.1, 0.15) is 17.4 Å². The van der Waals surface area contributed by atoms with E-state index in [1.807, 2.05) is 6.07 Å². The highest BCUT2D eigenvalue weighted by molar-refractivity contribution is 5.93. The number of hydrogen-bond donors (Lipinski definition) is 0. The van der Waals surface area contributed by atoms with Crippen LogP contribution in [0.3, 0.4) is 0 Å². The first-order valence-corrected chi connectivity index (χ1v) is 11.6. The molecule has 170 valence electrons. The molecule has 3 aliphatic heterocycles. The first-order chi connectivity index (χ1) is 15.2. The molecule has 4 aliphatic rings. The van der Waals surface area contributed by atoms with Gasteiger partial charge in [-0.3, -0.25) is 0 Å². The number of carbonyl (C=O) groups excluding carboxylic acids is 1. The van der Waals surface area contributed by atoms with Crippen LogP contribution < -0.4 is 4.74 Å². The minimum absolute atomic E-state index is 0.0170. The second kappa shape index (κ2) is 9.45. The SMILES string of the molecule is COC(=O)c1cccc2c1O[C@H]1C[C@@H](OC3CCCCO3)[C@H](COC3CCCCO3)[C@@H]21. The summed E-state index contributed by atoms with van der Waals surface area (Å²) >= 11 is 0. The van der Waals surface area contributed by atoms with Crippen LogP contribution in [-0.2, 0) is 23.7 Å². The second-order valence-electron chi connectivity index (χ2n) is 8.90. The molecule has 1 aromatic rings. The van der Waals surface area contributed by atoms with Crippen LogP contribution in [0, 0.1) is 5.92 Å². The lowest BCUT2D eigenvalue weighted by Gasteiger charge is -2.31. The Labute approximate surface area is 183 Å². The lowest BCUT2D eigenvalue weighted by Crippen LogP contribution is -2.34. The molecule has 2 saturated heterocycles. The number of esters is 1. The van der Waals surface area contributed by atoms with E-state index in [9.17, 15) is 4.79 Å². The van der Waals surface area contributed by atoms with E-state index in [4.69, 9.17) is 28.4 Å². The molecule has 7 heteroatoms. The predicted octanol–water partition coefficient (Wildman–Crippen LogP) is 3.79. The van der Waals surface area contributed by atoms with E-state index in [-0.39, 0.29) is 42.6 Å². The fourth-order valence-corrected chi connectivity index (χ4v) is 5.42. The largest absolute Gasteiger partial charge is 0.488 e. The quantitative estimate of drug-likeness (QED) is 0.633. The molecule has 3 fully saturated rings. The van der Waals surface area contributed by atoms with Crippen molar-refractivity contribution in [1.29, 1.82) is 0 Å². The zero-order valence-electron chi connectivity index (χ0n) is 18.1. The monoisotopic (exact) mass is 432 g/mol. The van der Waals surface area contributed by atoms with Gasteiger partial charge in [0.05, 0.1) is 19.8 Å². The van der Waals surface area contributed by atoms with Gasteiger partial charge in [-0.25, -0.2) is 4.79 Å². The van der Waals surface area contributed by atoms with Crippen LogP contribution in [0.1, 0.15) is 66.8 Å². The highest BCUT2D eigenvalue weighted by Crippen LogP contribution is 2.52. The van der Waals surface area contributed by atoms with Gasteiger partial charge >= 0.3 is 5.97 Å². The lowest BCUT2D eigenvalue weighted by molar-refractivity contribution is -0.210. The molecule has 1 saturated carbocycles. The van der Waals surface area contributed by atoms with Crippen LogP contribution in [0.4, 0.5) is 0 Å². The first-order valence-electron chi connectivity index (χ1n) is 11.6. The Hall–Kier alpha value is -1.67. The third-order valence-electron chi connectivity index (χ3n) is 6.96. The molecule has 7 nitrogen and oxygen atoms in total. The van der Waals surface area contributed by atoms with Crippen molar-refractivity contribution in [3.8, 4) is 5.75 Å². The summed E-state index contributed by atoms with van der Waals surface area (Å²) in [6.07, 6.45) is 6.67. The second-order valence-corrected chi connectivity index (χ2v) is 8.90. The van der Waals surface area contributed by atoms with Gasteiger partial charge in [-0.1, -0.05) is 12.1 Å². The van der Waals surface area contributed by atoms with E-state index in [1.165, 1.54) is 7.11 Å². The fraction of sp³-hybridized carbons (Fsp3) is 0.708. The summed E-state index contributed by atoms with van der Waals surface area (Å²) < 4.78 is 35.6. The van der Waals surface area contributed by atoms with Gasteiger partial charge in [0.2, 0.25) is 0 Å². The molecule has 6 atom stereocenters. The minimum Gasteiger partial charge on any atom is -0.488 e. The number of rotatable bonds is 6. The normalized spacial score (nSPS) is 34.6. The average Bonchev–Trinajstić information content (AvgIpc) is 3.34. The van der Waals surface area contributed by atoms with E-state index in [2.05, 4.69) is 6.07 Å². The fourth-order valence-electron chi connectivity index (χ4n) is 5.42. The van der Waals surface area contributed by atoms with Crippen molar-refractivity contribution in [2.24, 2.45) is 5.92 Å². The van der Waals surface area contributed by atoms with Crippen molar-refractivity contribution in [1.82, 2.24) is 0 Å². The van der Waals surface area contributed by atoms with E-state index in [0.29, 0.717) is 17.9 Å². The minimum atomic E-state index is -0.372. The highest BCUT2D eigenvalue weighted by atomic mass is 16.7. The highest BCUT2D eigenvalue weighted by Gasteiger charge is 2.52. The lowest BCUT2D eigenvalue weighted by atomic mass is 9.87. The molecule has 0 radical (unpaired) electrons. The maximum absolute atomic E-state index is 12.2. The van der Waals surface area contributed by atoms with E-state index >= 15 is 0 Å². The number of methoxy groups -OCH3 is 1. The van der Waals surface area contributed by atoms with Crippen molar-refractivity contribution in [3.63, 3.8) is 0 Å². The van der Waals surface area contributed by atoms with Crippen LogP contribution in [-0.4, -0.2) is 57.7 Å². The summed E-state index contributed by atoms with van der Waals surface area (Å²) in [5.41, 5.74) is 1.53. The van der Waals surface area contributed by atoms with Gasteiger partial charge in [-0.15, -0.1) is 0 Å². The topological polar surface area (TPSA) is 72.5 Å². The molecule has 5 rings (SSSR count). The predicted molar refractivity (Wildman–Crippen MR) is 111 cm³/mol. The van der Waals surface area contributed by atoms with E-state index in [1.54, 1.807) is 6.07 Å². The molecule has 1 aliphatic carbocycles. The molecule has 0 amide bonds. The van der Waals surface area contributed by atoms with Gasteiger partial charge in [0.15, 0.2) is 12.6 Å². The third kappa shape index (κ3) is 4.33. The molecular formula is C24H32O7. The summed E-state index contributed by atoms with van der Waals surface area (Å²) in [7, 11) is 1.40. The Kier molecular flexibility index (Phi) is 6.46. The van der Waals surface area contributed by atoms with Crippen molar-refractivity contribution in [2.45, 2.75) is 75.7 Å². The number of hydrogen-bond acceptors (Lipinski definition) is 7. The average molecular weight is 433 g/mol. The molecule has 3 heterocycles. The van der Waals surface area contributed by atoms with Crippen molar-refractivity contribution >= 4 is 5.97 Å². The van der Waals surface area contributed by atoms with Crippen molar-refractivity contribution < 1.29 is 33.2 Å². The van der Waals surface area contributed by atoms with Crippen LogP contribution >= 0.6 is 0 Å². The van der Waals surface area contributed by atoms with Crippen molar-refractivity contribution in [3.05, 3.63) is 29.3 Å². The van der Waals surface area contributed by atoms with Gasteiger partial charge in [-0.05, 0) is 44.6 Å². The number of fused-ring (bicyclic) bond motifs is 3. The summed E-state index contributed by atoms with van der Waals surface area (Å²) in [5, 5.41) is 0. The summed E-state index contributed by atoms with van der Waals surface area (Å²) in [4.78, 5) is 12.2. The van der Waals surface area contributed by atoms with Crippen LogP contribution in [0.2, 0.25) is 0 Å². The maximum atomic E-state index is 12.2. The van der Waals surface area contributed by atoms with Crippen LogP contribution in [0.25, 0.3) is 0 Å². The smallest absolute Gasteiger partial charge is 0.341 e. The van der Waals surface area contributed by atoms with E-state index in [0.717, 1.165) is 63.7 Å². The van der Waals surface area contributed by atoms with E-state index < -0.39 is 0 Å². The zero-order chi connectivity index (χ0) is 21.2. The van der Waals surface area contributed by atoms with Crippen LogP contribution in [0.15, 0.2) is 18.2 Å². The van der Waals surface area contributed by atoms with Crippen molar-refractivity contribution in [2.75, 3.05) is 26.9 Å².